The topological polar surface area (TPSA) is 77.1 Å². The summed E-state index contributed by atoms with van der Waals surface area (Å²) in [7, 11) is 1.70. The molecule has 2 heterocycles. The number of aromatic nitrogens is 3. The van der Waals surface area contributed by atoms with Crippen molar-refractivity contribution in [2.24, 2.45) is 7.05 Å². The third-order valence-corrected chi connectivity index (χ3v) is 2.74. The van der Waals surface area contributed by atoms with E-state index in [-0.39, 0.29) is 12.1 Å². The molecule has 17 heavy (non-hydrogen) atoms. The van der Waals surface area contributed by atoms with E-state index >= 15 is 0 Å². The van der Waals surface area contributed by atoms with Gasteiger partial charge in [-0.2, -0.15) is 5.10 Å². The van der Waals surface area contributed by atoms with Crippen molar-refractivity contribution in [3.63, 3.8) is 0 Å². The molecule has 0 spiro atoms. The highest BCUT2D eigenvalue weighted by atomic mass is 16.4. The zero-order chi connectivity index (χ0) is 12.7. The largest absolute Gasteiger partial charge is 0.480 e. The quantitative estimate of drug-likeness (QED) is 0.819. The zero-order valence-corrected chi connectivity index (χ0v) is 9.89. The van der Waals surface area contributed by atoms with E-state index in [4.69, 9.17) is 5.11 Å². The molecule has 0 amide bonds. The van der Waals surface area contributed by atoms with Crippen LogP contribution < -0.4 is 5.56 Å². The van der Waals surface area contributed by atoms with Crippen LogP contribution in [0.2, 0.25) is 0 Å². The van der Waals surface area contributed by atoms with E-state index in [1.165, 1.54) is 10.6 Å². The molecular weight excluding hydrogens is 222 g/mol. The summed E-state index contributed by atoms with van der Waals surface area (Å²) in [6.45, 7) is 3.31. The van der Waals surface area contributed by atoms with E-state index in [1.54, 1.807) is 11.7 Å². The molecule has 0 aliphatic carbocycles. The number of rotatable bonds is 2. The van der Waals surface area contributed by atoms with E-state index in [1.807, 2.05) is 13.8 Å². The molecule has 6 nitrogen and oxygen atoms in total. The summed E-state index contributed by atoms with van der Waals surface area (Å²) in [4.78, 5) is 22.6. The summed E-state index contributed by atoms with van der Waals surface area (Å²) in [5.41, 5.74) is 1.84. The highest BCUT2D eigenvalue weighted by Crippen LogP contribution is 2.19. The average molecular weight is 235 g/mol. The second-order valence-corrected chi connectivity index (χ2v) is 4.05. The smallest absolute Gasteiger partial charge is 0.323 e. The van der Waals surface area contributed by atoms with Gasteiger partial charge in [-0.15, -0.1) is 0 Å². The van der Waals surface area contributed by atoms with Gasteiger partial charge in [0.25, 0.3) is 5.56 Å². The molecule has 0 aromatic carbocycles. The molecule has 0 unspecified atom stereocenters. The first-order valence-electron chi connectivity index (χ1n) is 5.17. The Bertz CT molecular complexity index is 667. The van der Waals surface area contributed by atoms with Gasteiger partial charge >= 0.3 is 5.97 Å². The molecule has 0 radical (unpaired) electrons. The minimum absolute atomic E-state index is 0.319. The average Bonchev–Trinajstić information content (AvgIpc) is 2.48. The summed E-state index contributed by atoms with van der Waals surface area (Å²) in [6, 6.07) is 1.44. The Morgan fingerprint density at radius 3 is 2.71 bits per heavy atom. The van der Waals surface area contributed by atoms with Gasteiger partial charge in [-0.25, -0.2) is 0 Å². The van der Waals surface area contributed by atoms with Crippen LogP contribution in [0.3, 0.4) is 0 Å². The number of aryl methyl sites for hydroxylation is 3. The number of aliphatic carboxylic acids is 1. The fraction of sp³-hybridized carbons (Fsp3) is 0.364. The Balaban J connectivity index is 2.91. The number of hydrogen-bond acceptors (Lipinski definition) is 3. The van der Waals surface area contributed by atoms with Crippen molar-refractivity contribution >= 4 is 17.0 Å². The van der Waals surface area contributed by atoms with E-state index in [9.17, 15) is 9.59 Å². The molecule has 0 atom stereocenters. The van der Waals surface area contributed by atoms with Crippen LogP contribution in [0.1, 0.15) is 11.3 Å². The van der Waals surface area contributed by atoms with Crippen LogP contribution >= 0.6 is 0 Å². The van der Waals surface area contributed by atoms with E-state index < -0.39 is 5.97 Å². The Morgan fingerprint density at radius 2 is 2.12 bits per heavy atom. The van der Waals surface area contributed by atoms with Crippen molar-refractivity contribution in [3.05, 3.63) is 27.7 Å². The predicted molar refractivity (Wildman–Crippen MR) is 62.1 cm³/mol. The third-order valence-electron chi connectivity index (χ3n) is 2.74. The summed E-state index contributed by atoms with van der Waals surface area (Å²) in [6.07, 6.45) is 0. The van der Waals surface area contributed by atoms with Crippen LogP contribution in [-0.2, 0) is 18.4 Å². The lowest BCUT2D eigenvalue weighted by Gasteiger charge is -2.07. The van der Waals surface area contributed by atoms with Gasteiger partial charge in [0.2, 0.25) is 0 Å². The predicted octanol–water partition coefficient (Wildman–Crippen LogP) is 0.436. The molecule has 0 aliphatic rings. The van der Waals surface area contributed by atoms with E-state index in [0.717, 1.165) is 16.6 Å². The standard InChI is InChI=1S/C11H13N3O3/c1-6-4-8(15)14(5-9(16)17)11-10(6)7(2)12-13(11)3/h4H,5H2,1-3H3,(H,16,17). The van der Waals surface area contributed by atoms with Crippen molar-refractivity contribution in [2.75, 3.05) is 0 Å². The van der Waals surface area contributed by atoms with Gasteiger partial charge in [-0.05, 0) is 19.4 Å². The fourth-order valence-electron chi connectivity index (χ4n) is 2.15. The van der Waals surface area contributed by atoms with E-state index in [0.29, 0.717) is 5.65 Å². The van der Waals surface area contributed by atoms with Crippen LogP contribution in [0.4, 0.5) is 0 Å². The summed E-state index contributed by atoms with van der Waals surface area (Å²) < 4.78 is 2.77. The highest BCUT2D eigenvalue weighted by molar-refractivity contribution is 5.83. The lowest BCUT2D eigenvalue weighted by molar-refractivity contribution is -0.137. The lowest BCUT2D eigenvalue weighted by atomic mass is 10.1. The van der Waals surface area contributed by atoms with E-state index in [2.05, 4.69) is 5.10 Å². The molecule has 2 aromatic heterocycles. The van der Waals surface area contributed by atoms with Gasteiger partial charge in [0.15, 0.2) is 0 Å². The maximum atomic E-state index is 11.8. The monoisotopic (exact) mass is 235 g/mol. The molecule has 0 fully saturated rings. The Morgan fingerprint density at radius 1 is 1.47 bits per heavy atom. The van der Waals surface area contributed by atoms with Crippen LogP contribution in [0.5, 0.6) is 0 Å². The maximum absolute atomic E-state index is 11.8. The van der Waals surface area contributed by atoms with Gasteiger partial charge in [0, 0.05) is 18.5 Å². The molecule has 0 saturated heterocycles. The molecule has 2 aromatic rings. The Hall–Kier alpha value is -2.11. The van der Waals surface area contributed by atoms with Crippen LogP contribution in [0.15, 0.2) is 10.9 Å². The Labute approximate surface area is 97.1 Å². The molecule has 6 heteroatoms. The maximum Gasteiger partial charge on any atom is 0.323 e. The van der Waals surface area contributed by atoms with Gasteiger partial charge in [-0.1, -0.05) is 0 Å². The van der Waals surface area contributed by atoms with Crippen molar-refractivity contribution in [1.82, 2.24) is 14.3 Å². The molecule has 2 rings (SSSR count). The van der Waals surface area contributed by atoms with Crippen molar-refractivity contribution < 1.29 is 9.90 Å². The van der Waals surface area contributed by atoms with Crippen LogP contribution in [0, 0.1) is 13.8 Å². The SMILES string of the molecule is Cc1cc(=O)n(CC(=O)O)c2c1c(C)nn2C. The first kappa shape index (κ1) is 11.4. The summed E-state index contributed by atoms with van der Waals surface area (Å²) in [5.74, 6) is -1.05. The second kappa shape index (κ2) is 3.73. The number of carboxylic acids is 1. The summed E-state index contributed by atoms with van der Waals surface area (Å²) >= 11 is 0. The third kappa shape index (κ3) is 1.71. The Kier molecular flexibility index (Phi) is 2.49. The summed E-state index contributed by atoms with van der Waals surface area (Å²) in [5, 5.41) is 13.9. The van der Waals surface area contributed by atoms with Crippen molar-refractivity contribution in [3.8, 4) is 0 Å². The minimum atomic E-state index is -1.05. The first-order valence-corrected chi connectivity index (χ1v) is 5.17. The number of nitrogens with zero attached hydrogens (tertiary/aromatic N) is 3. The van der Waals surface area contributed by atoms with Gasteiger partial charge in [0.05, 0.1) is 5.69 Å². The molecule has 0 aliphatic heterocycles. The number of pyridine rings is 1. The zero-order valence-electron chi connectivity index (χ0n) is 9.89. The minimum Gasteiger partial charge on any atom is -0.480 e. The van der Waals surface area contributed by atoms with Gasteiger partial charge in [-0.3, -0.25) is 18.8 Å². The number of carboxylic acid groups (broad SMARTS) is 1. The van der Waals surface area contributed by atoms with Crippen LogP contribution in [-0.4, -0.2) is 25.4 Å². The normalized spacial score (nSPS) is 11.0. The highest BCUT2D eigenvalue weighted by Gasteiger charge is 2.15. The molecule has 1 N–H and O–H groups in total. The fourth-order valence-corrected chi connectivity index (χ4v) is 2.15. The number of fused-ring (bicyclic) bond motifs is 1. The van der Waals surface area contributed by atoms with Crippen molar-refractivity contribution in [1.29, 1.82) is 0 Å². The van der Waals surface area contributed by atoms with Gasteiger partial charge in [0.1, 0.15) is 12.2 Å². The van der Waals surface area contributed by atoms with Crippen molar-refractivity contribution in [2.45, 2.75) is 20.4 Å². The number of hydrogen-bond donors (Lipinski definition) is 1. The molecule has 0 saturated carbocycles. The molecular formula is C11H13N3O3. The first-order chi connectivity index (χ1) is 7.91. The molecule has 0 bridgehead atoms. The number of carbonyl (C=O) groups is 1. The van der Waals surface area contributed by atoms with Crippen LogP contribution in [0.25, 0.3) is 11.0 Å². The lowest BCUT2D eigenvalue weighted by Crippen LogP contribution is -2.25. The van der Waals surface area contributed by atoms with Gasteiger partial charge < -0.3 is 5.11 Å². The second-order valence-electron chi connectivity index (χ2n) is 4.05. The molecule has 90 valence electrons.